The molecule has 0 spiro atoms. The molecule has 21 heavy (non-hydrogen) atoms. The third-order valence-corrected chi connectivity index (χ3v) is 3.76. The lowest BCUT2D eigenvalue weighted by atomic mass is 10.2. The van der Waals surface area contributed by atoms with E-state index in [0.29, 0.717) is 0 Å². The number of nitrogens with two attached hydrogens (primary N) is 1. The van der Waals surface area contributed by atoms with Gasteiger partial charge >= 0.3 is 0 Å². The molecule has 2 N–H and O–H groups in total. The van der Waals surface area contributed by atoms with Crippen molar-refractivity contribution in [3.8, 4) is 11.4 Å². The third-order valence-electron chi connectivity index (χ3n) is 3.76. The minimum Gasteiger partial charge on any atom is -0.368 e. The van der Waals surface area contributed by atoms with Gasteiger partial charge in [-0.15, -0.1) is 0 Å². The van der Waals surface area contributed by atoms with Crippen LogP contribution in [0.3, 0.4) is 0 Å². The zero-order chi connectivity index (χ0) is 14.7. The number of nitrogens with zero attached hydrogens (tertiary/aromatic N) is 5. The predicted molar refractivity (Wildman–Crippen MR) is 82.4 cm³/mol. The van der Waals surface area contributed by atoms with Crippen molar-refractivity contribution in [1.29, 1.82) is 0 Å². The van der Waals surface area contributed by atoms with Crippen molar-refractivity contribution in [1.82, 2.24) is 24.8 Å². The number of aromatic nitrogens is 3. The average molecular weight is 284 g/mol. The van der Waals surface area contributed by atoms with E-state index in [1.165, 1.54) is 5.56 Å². The summed E-state index contributed by atoms with van der Waals surface area (Å²) in [6.07, 6.45) is 3.57. The number of pyridine rings is 1. The third kappa shape index (κ3) is 3.53. The standard InChI is InChI=1S/C15H20N6/c1-20-6-8-21(9-7-20)11-12-2-3-13(18-10-12)14-4-5-17-15(16)19-14/h2-5,10H,6-9,11H2,1H3,(H2,16,17,19). The van der Waals surface area contributed by atoms with Gasteiger partial charge in [-0.3, -0.25) is 9.88 Å². The topological polar surface area (TPSA) is 71.2 Å². The summed E-state index contributed by atoms with van der Waals surface area (Å²) in [4.78, 5) is 17.4. The number of likely N-dealkylation sites (N-methyl/N-ethyl adjacent to an activating group) is 1. The first-order valence-corrected chi connectivity index (χ1v) is 7.15. The Hall–Kier alpha value is -2.05. The molecule has 1 fully saturated rings. The SMILES string of the molecule is CN1CCN(Cc2ccc(-c3ccnc(N)n3)nc2)CC1. The molecule has 0 aromatic carbocycles. The molecule has 6 heteroatoms. The highest BCUT2D eigenvalue weighted by atomic mass is 15.2. The summed E-state index contributed by atoms with van der Waals surface area (Å²) in [6, 6.07) is 5.92. The summed E-state index contributed by atoms with van der Waals surface area (Å²) < 4.78 is 0. The highest BCUT2D eigenvalue weighted by Gasteiger charge is 2.14. The van der Waals surface area contributed by atoms with E-state index in [2.05, 4.69) is 37.9 Å². The van der Waals surface area contributed by atoms with Crippen molar-refractivity contribution in [3.63, 3.8) is 0 Å². The summed E-state index contributed by atoms with van der Waals surface area (Å²) >= 11 is 0. The molecule has 0 saturated carbocycles. The molecule has 1 saturated heterocycles. The van der Waals surface area contributed by atoms with Gasteiger partial charge < -0.3 is 10.6 Å². The molecule has 0 radical (unpaired) electrons. The van der Waals surface area contributed by atoms with Crippen LogP contribution in [0, 0.1) is 0 Å². The first kappa shape index (κ1) is 13.9. The van der Waals surface area contributed by atoms with Crippen LogP contribution in [-0.2, 0) is 6.54 Å². The molecule has 3 rings (SSSR count). The fourth-order valence-electron chi connectivity index (χ4n) is 2.45. The van der Waals surface area contributed by atoms with Crippen LogP contribution in [0.5, 0.6) is 0 Å². The number of piperazine rings is 1. The molecule has 0 atom stereocenters. The molecule has 2 aromatic heterocycles. The second kappa shape index (κ2) is 6.15. The van der Waals surface area contributed by atoms with Gasteiger partial charge in [0.25, 0.3) is 0 Å². The highest BCUT2D eigenvalue weighted by molar-refractivity contribution is 5.54. The fourth-order valence-corrected chi connectivity index (χ4v) is 2.45. The van der Waals surface area contributed by atoms with Crippen molar-refractivity contribution in [2.24, 2.45) is 0 Å². The molecule has 0 amide bonds. The largest absolute Gasteiger partial charge is 0.368 e. The van der Waals surface area contributed by atoms with Gasteiger partial charge in [0.15, 0.2) is 0 Å². The number of anilines is 1. The van der Waals surface area contributed by atoms with Crippen LogP contribution in [0.25, 0.3) is 11.4 Å². The molecular formula is C15H20N6. The maximum Gasteiger partial charge on any atom is 0.220 e. The average Bonchev–Trinajstić information content (AvgIpc) is 2.50. The molecule has 1 aliphatic rings. The lowest BCUT2D eigenvalue weighted by molar-refractivity contribution is 0.148. The summed E-state index contributed by atoms with van der Waals surface area (Å²) in [5.41, 5.74) is 8.41. The van der Waals surface area contributed by atoms with Gasteiger partial charge in [0, 0.05) is 45.1 Å². The summed E-state index contributed by atoms with van der Waals surface area (Å²) in [5, 5.41) is 0. The number of nitrogen functional groups attached to an aromatic ring is 1. The van der Waals surface area contributed by atoms with E-state index < -0.39 is 0 Å². The first-order chi connectivity index (χ1) is 10.2. The van der Waals surface area contributed by atoms with Crippen molar-refractivity contribution >= 4 is 5.95 Å². The normalized spacial score (nSPS) is 17.0. The molecule has 110 valence electrons. The monoisotopic (exact) mass is 284 g/mol. The Bertz CT molecular complexity index is 589. The van der Waals surface area contributed by atoms with E-state index in [1.807, 2.05) is 18.3 Å². The molecule has 6 nitrogen and oxygen atoms in total. The second-order valence-electron chi connectivity index (χ2n) is 5.43. The lowest BCUT2D eigenvalue weighted by Gasteiger charge is -2.32. The minimum atomic E-state index is 0.274. The van der Waals surface area contributed by atoms with Gasteiger partial charge in [-0.05, 0) is 24.7 Å². The Balaban J connectivity index is 1.67. The van der Waals surface area contributed by atoms with E-state index in [1.54, 1.807) is 6.20 Å². The zero-order valence-electron chi connectivity index (χ0n) is 12.2. The smallest absolute Gasteiger partial charge is 0.220 e. The highest BCUT2D eigenvalue weighted by Crippen LogP contribution is 2.15. The van der Waals surface area contributed by atoms with Gasteiger partial charge in [0.1, 0.15) is 0 Å². The predicted octanol–water partition coefficient (Wildman–Crippen LogP) is 0.868. The maximum atomic E-state index is 5.60. The number of hydrogen-bond donors (Lipinski definition) is 1. The van der Waals surface area contributed by atoms with Gasteiger partial charge in [-0.25, -0.2) is 9.97 Å². The van der Waals surface area contributed by atoms with E-state index in [0.717, 1.165) is 44.1 Å². The van der Waals surface area contributed by atoms with E-state index >= 15 is 0 Å². The Morgan fingerprint density at radius 2 is 1.86 bits per heavy atom. The molecular weight excluding hydrogens is 264 g/mol. The van der Waals surface area contributed by atoms with Crippen LogP contribution in [0.2, 0.25) is 0 Å². The van der Waals surface area contributed by atoms with Crippen LogP contribution in [0.1, 0.15) is 5.56 Å². The van der Waals surface area contributed by atoms with Gasteiger partial charge in [-0.2, -0.15) is 0 Å². The quantitative estimate of drug-likeness (QED) is 0.901. The molecule has 0 unspecified atom stereocenters. The Morgan fingerprint density at radius 1 is 1.05 bits per heavy atom. The minimum absolute atomic E-state index is 0.274. The summed E-state index contributed by atoms with van der Waals surface area (Å²) in [7, 11) is 2.17. The van der Waals surface area contributed by atoms with Crippen LogP contribution in [-0.4, -0.2) is 58.0 Å². The van der Waals surface area contributed by atoms with Crippen LogP contribution in [0.15, 0.2) is 30.6 Å². The van der Waals surface area contributed by atoms with Crippen molar-refractivity contribution in [3.05, 3.63) is 36.2 Å². The van der Waals surface area contributed by atoms with E-state index in [4.69, 9.17) is 5.73 Å². The van der Waals surface area contributed by atoms with Crippen LogP contribution < -0.4 is 5.73 Å². The molecule has 0 aliphatic carbocycles. The summed E-state index contributed by atoms with van der Waals surface area (Å²) in [5.74, 6) is 0.274. The fraction of sp³-hybridized carbons (Fsp3) is 0.400. The molecule has 1 aliphatic heterocycles. The maximum absolute atomic E-state index is 5.60. The van der Waals surface area contributed by atoms with Crippen molar-refractivity contribution in [2.45, 2.75) is 6.54 Å². The first-order valence-electron chi connectivity index (χ1n) is 7.15. The second-order valence-corrected chi connectivity index (χ2v) is 5.43. The molecule has 3 heterocycles. The van der Waals surface area contributed by atoms with Crippen LogP contribution >= 0.6 is 0 Å². The Morgan fingerprint density at radius 3 is 2.52 bits per heavy atom. The Kier molecular flexibility index (Phi) is 4.08. The lowest BCUT2D eigenvalue weighted by Crippen LogP contribution is -2.43. The van der Waals surface area contributed by atoms with E-state index in [-0.39, 0.29) is 5.95 Å². The molecule has 0 bridgehead atoms. The number of rotatable bonds is 3. The Labute approximate surface area is 124 Å². The van der Waals surface area contributed by atoms with Gasteiger partial charge in [0.05, 0.1) is 11.4 Å². The van der Waals surface area contributed by atoms with Crippen LogP contribution in [0.4, 0.5) is 5.95 Å². The van der Waals surface area contributed by atoms with Crippen molar-refractivity contribution < 1.29 is 0 Å². The molecule has 2 aromatic rings. The van der Waals surface area contributed by atoms with Crippen molar-refractivity contribution in [2.75, 3.05) is 39.0 Å². The zero-order valence-corrected chi connectivity index (χ0v) is 12.2. The van der Waals surface area contributed by atoms with Gasteiger partial charge in [-0.1, -0.05) is 6.07 Å². The summed E-state index contributed by atoms with van der Waals surface area (Å²) in [6.45, 7) is 5.44. The van der Waals surface area contributed by atoms with Gasteiger partial charge in [0.2, 0.25) is 5.95 Å². The number of hydrogen-bond acceptors (Lipinski definition) is 6. The van der Waals surface area contributed by atoms with E-state index in [9.17, 15) is 0 Å².